The van der Waals surface area contributed by atoms with E-state index < -0.39 is 27.3 Å². The highest BCUT2D eigenvalue weighted by molar-refractivity contribution is 8.00. The van der Waals surface area contributed by atoms with E-state index in [1.807, 2.05) is 0 Å². The molecular weight excluding hydrogens is 440 g/mol. The number of amides is 1. The fourth-order valence-electron chi connectivity index (χ4n) is 2.28. The molecule has 0 unspecified atom stereocenters. The molecule has 0 aromatic heterocycles. The Labute approximate surface area is 185 Å². The van der Waals surface area contributed by atoms with Crippen molar-refractivity contribution >= 4 is 45.1 Å². The molecule has 0 spiro atoms. The Morgan fingerprint density at radius 1 is 1.06 bits per heavy atom. The first-order valence-corrected chi connectivity index (χ1v) is 11.8. The van der Waals surface area contributed by atoms with Crippen molar-refractivity contribution in [3.8, 4) is 0 Å². The van der Waals surface area contributed by atoms with Crippen LogP contribution < -0.4 is 10.5 Å². The smallest absolute Gasteiger partial charge is 0.339 e. The molecule has 0 radical (unpaired) electrons. The zero-order valence-electron chi connectivity index (χ0n) is 17.4. The van der Waals surface area contributed by atoms with E-state index in [0.717, 1.165) is 11.8 Å². The van der Waals surface area contributed by atoms with E-state index >= 15 is 0 Å². The van der Waals surface area contributed by atoms with Gasteiger partial charge in [-0.15, -0.1) is 11.8 Å². The van der Waals surface area contributed by atoms with Crippen LogP contribution in [-0.4, -0.2) is 38.4 Å². The quantitative estimate of drug-likeness (QED) is 0.453. The van der Waals surface area contributed by atoms with Gasteiger partial charge in [-0.25, -0.2) is 18.4 Å². The van der Waals surface area contributed by atoms with Gasteiger partial charge in [0.05, 0.1) is 16.2 Å². The lowest BCUT2D eigenvalue weighted by Gasteiger charge is -2.16. The number of benzene rings is 2. The summed E-state index contributed by atoms with van der Waals surface area (Å²) in [4.78, 5) is 37.1. The van der Waals surface area contributed by atoms with E-state index in [-0.39, 0.29) is 34.3 Å². The van der Waals surface area contributed by atoms with Crippen molar-refractivity contribution in [2.75, 3.05) is 17.7 Å². The highest BCUT2D eigenvalue weighted by atomic mass is 32.2. The predicted octanol–water partition coefficient (Wildman–Crippen LogP) is 2.84. The topological polar surface area (TPSA) is 133 Å². The zero-order valence-corrected chi connectivity index (χ0v) is 19.0. The molecule has 10 heteroatoms. The van der Waals surface area contributed by atoms with Crippen molar-refractivity contribution in [2.45, 2.75) is 30.6 Å². The molecule has 2 rings (SSSR count). The Bertz CT molecular complexity index is 1090. The summed E-state index contributed by atoms with van der Waals surface area (Å²) in [6.45, 7) is 4.89. The number of carbonyl (C=O) groups is 3. The SMILES string of the molecule is CC(C)(C)C(=O)COC(=O)c1ccccc1SCC(=O)Nc1cccc(S(N)(=O)=O)c1. The largest absolute Gasteiger partial charge is 0.454 e. The van der Waals surface area contributed by atoms with Gasteiger partial charge in [0.2, 0.25) is 15.9 Å². The molecule has 0 atom stereocenters. The van der Waals surface area contributed by atoms with Gasteiger partial charge in [0.25, 0.3) is 0 Å². The van der Waals surface area contributed by atoms with Crippen LogP contribution in [0, 0.1) is 5.41 Å². The summed E-state index contributed by atoms with van der Waals surface area (Å²) in [6.07, 6.45) is 0. The van der Waals surface area contributed by atoms with Gasteiger partial charge in [-0.2, -0.15) is 0 Å². The van der Waals surface area contributed by atoms with Crippen molar-refractivity contribution in [1.82, 2.24) is 0 Å². The lowest BCUT2D eigenvalue weighted by atomic mass is 9.91. The molecule has 0 aliphatic carbocycles. The lowest BCUT2D eigenvalue weighted by Crippen LogP contribution is -2.26. The molecule has 0 heterocycles. The number of rotatable bonds is 8. The van der Waals surface area contributed by atoms with Crippen LogP contribution in [0.5, 0.6) is 0 Å². The van der Waals surface area contributed by atoms with Crippen LogP contribution in [0.1, 0.15) is 31.1 Å². The third-order valence-electron chi connectivity index (χ3n) is 4.08. The Hall–Kier alpha value is -2.69. The van der Waals surface area contributed by atoms with Gasteiger partial charge in [0, 0.05) is 16.0 Å². The third kappa shape index (κ3) is 7.50. The number of thioether (sulfide) groups is 1. The number of anilines is 1. The molecule has 31 heavy (non-hydrogen) atoms. The van der Waals surface area contributed by atoms with Gasteiger partial charge in [-0.1, -0.05) is 39.0 Å². The van der Waals surface area contributed by atoms with Gasteiger partial charge < -0.3 is 10.1 Å². The summed E-state index contributed by atoms with van der Waals surface area (Å²) in [5.41, 5.74) is -0.0866. The Morgan fingerprint density at radius 2 is 1.74 bits per heavy atom. The maximum Gasteiger partial charge on any atom is 0.339 e. The molecule has 2 aromatic rings. The second-order valence-corrected chi connectivity index (χ2v) is 10.2. The number of hydrogen-bond acceptors (Lipinski definition) is 7. The maximum absolute atomic E-state index is 12.4. The van der Waals surface area contributed by atoms with E-state index in [1.165, 1.54) is 24.3 Å². The number of ether oxygens (including phenoxy) is 1. The van der Waals surface area contributed by atoms with Crippen LogP contribution in [0.2, 0.25) is 0 Å². The molecule has 0 saturated carbocycles. The van der Waals surface area contributed by atoms with E-state index in [9.17, 15) is 22.8 Å². The molecule has 8 nitrogen and oxygen atoms in total. The summed E-state index contributed by atoms with van der Waals surface area (Å²) in [7, 11) is -3.88. The normalized spacial score (nSPS) is 11.6. The van der Waals surface area contributed by atoms with Gasteiger partial charge >= 0.3 is 5.97 Å². The molecule has 0 saturated heterocycles. The number of hydrogen-bond donors (Lipinski definition) is 2. The Kier molecular flexibility index (Phi) is 7.99. The number of carbonyl (C=O) groups excluding carboxylic acids is 3. The summed E-state index contributed by atoms with van der Waals surface area (Å²) >= 11 is 1.11. The molecule has 166 valence electrons. The molecule has 0 aliphatic heterocycles. The number of nitrogens with one attached hydrogen (secondary N) is 1. The summed E-state index contributed by atoms with van der Waals surface area (Å²) in [5, 5.41) is 7.68. The van der Waals surface area contributed by atoms with E-state index in [2.05, 4.69) is 5.32 Å². The Balaban J connectivity index is 2.01. The number of nitrogens with two attached hydrogens (primary N) is 1. The molecule has 0 aliphatic rings. The highest BCUT2D eigenvalue weighted by Crippen LogP contribution is 2.24. The van der Waals surface area contributed by atoms with E-state index in [1.54, 1.807) is 45.0 Å². The van der Waals surface area contributed by atoms with Crippen LogP contribution >= 0.6 is 11.8 Å². The number of ketones is 1. The van der Waals surface area contributed by atoms with Crippen LogP contribution in [0.3, 0.4) is 0 Å². The van der Waals surface area contributed by atoms with Crippen LogP contribution in [-0.2, 0) is 24.3 Å². The van der Waals surface area contributed by atoms with E-state index in [4.69, 9.17) is 9.88 Å². The summed E-state index contributed by atoms with van der Waals surface area (Å²) < 4.78 is 28.0. The van der Waals surface area contributed by atoms with Crippen molar-refractivity contribution in [3.05, 3.63) is 54.1 Å². The molecular formula is C21H24N2O6S2. The average Bonchev–Trinajstić information content (AvgIpc) is 2.69. The monoisotopic (exact) mass is 464 g/mol. The first-order chi connectivity index (χ1) is 14.4. The zero-order chi connectivity index (χ0) is 23.2. The van der Waals surface area contributed by atoms with Gasteiger partial charge in [0.15, 0.2) is 12.4 Å². The second kappa shape index (κ2) is 10.1. The van der Waals surface area contributed by atoms with Crippen molar-refractivity contribution in [3.63, 3.8) is 0 Å². The molecule has 1 amide bonds. The van der Waals surface area contributed by atoms with Crippen molar-refractivity contribution in [1.29, 1.82) is 0 Å². The number of sulfonamides is 1. The lowest BCUT2D eigenvalue weighted by molar-refractivity contribution is -0.129. The summed E-state index contributed by atoms with van der Waals surface area (Å²) in [5.74, 6) is -1.29. The number of primary sulfonamides is 1. The fraction of sp³-hybridized carbons (Fsp3) is 0.286. The number of Topliss-reactive ketones (excluding diaryl/α,β-unsaturated/α-hetero) is 1. The van der Waals surface area contributed by atoms with E-state index in [0.29, 0.717) is 4.90 Å². The molecule has 0 bridgehead atoms. The second-order valence-electron chi connectivity index (χ2n) is 7.66. The first-order valence-electron chi connectivity index (χ1n) is 9.23. The van der Waals surface area contributed by atoms with Gasteiger partial charge in [-0.05, 0) is 30.3 Å². The minimum absolute atomic E-state index is 0.0369. The molecule has 0 fully saturated rings. The average molecular weight is 465 g/mol. The summed E-state index contributed by atoms with van der Waals surface area (Å²) in [6, 6.07) is 12.2. The first kappa shape index (κ1) is 24.6. The van der Waals surface area contributed by atoms with Crippen LogP contribution in [0.4, 0.5) is 5.69 Å². The molecule has 3 N–H and O–H groups in total. The van der Waals surface area contributed by atoms with Crippen molar-refractivity contribution < 1.29 is 27.5 Å². The Morgan fingerprint density at radius 3 is 2.39 bits per heavy atom. The van der Waals surface area contributed by atoms with Crippen LogP contribution in [0.15, 0.2) is 58.3 Å². The van der Waals surface area contributed by atoms with Gasteiger partial charge in [-0.3, -0.25) is 9.59 Å². The minimum atomic E-state index is -3.88. The molecule has 2 aromatic carbocycles. The van der Waals surface area contributed by atoms with Crippen molar-refractivity contribution in [2.24, 2.45) is 10.6 Å². The fourth-order valence-corrected chi connectivity index (χ4v) is 3.68. The maximum atomic E-state index is 12.4. The third-order valence-corrected chi connectivity index (χ3v) is 6.07. The minimum Gasteiger partial charge on any atom is -0.454 e. The predicted molar refractivity (Wildman–Crippen MR) is 118 cm³/mol. The number of esters is 1. The standard InChI is InChI=1S/C21H24N2O6S2/c1-21(2,3)18(24)12-29-20(26)16-9-4-5-10-17(16)30-13-19(25)23-14-7-6-8-15(11-14)31(22,27)28/h4-11H,12-13H2,1-3H3,(H,23,25)(H2,22,27,28). The van der Waals surface area contributed by atoms with Crippen LogP contribution in [0.25, 0.3) is 0 Å². The highest BCUT2D eigenvalue weighted by Gasteiger charge is 2.23. The van der Waals surface area contributed by atoms with Gasteiger partial charge in [0.1, 0.15) is 0 Å².